The molecule has 0 fully saturated rings. The molecule has 1 heterocycles. The summed E-state index contributed by atoms with van der Waals surface area (Å²) in [5.41, 5.74) is 9.59. The van der Waals surface area contributed by atoms with E-state index in [1.54, 1.807) is 74.6 Å². The molecule has 5 N–H and O–H groups in total. The molecule has 14 nitrogen and oxygen atoms in total. The Morgan fingerprint density at radius 2 is 1.13 bits per heavy atom. The highest BCUT2D eigenvalue weighted by Gasteiger charge is 2.25. The molecule has 328 valence electrons. The van der Waals surface area contributed by atoms with E-state index in [1.807, 2.05) is 52.0 Å². The van der Waals surface area contributed by atoms with Crippen LogP contribution in [0.1, 0.15) is 83.8 Å². The number of hydrogen-bond donors (Lipinski definition) is 4. The highest BCUT2D eigenvalue weighted by atomic mass is 35.5. The first-order valence-electron chi connectivity index (χ1n) is 19.9. The topological polar surface area (TPSA) is 208 Å². The summed E-state index contributed by atoms with van der Waals surface area (Å²) in [6, 6.07) is 24.3. The Balaban J connectivity index is 0.000000273. The summed E-state index contributed by atoms with van der Waals surface area (Å²) in [4.78, 5) is 54.7. The lowest BCUT2D eigenvalue weighted by Crippen LogP contribution is -2.30. The maximum Gasteiger partial charge on any atom is 0.223 e. The third-order valence-electron chi connectivity index (χ3n) is 9.39. The van der Waals surface area contributed by atoms with Gasteiger partial charge in [-0.2, -0.15) is 4.98 Å². The van der Waals surface area contributed by atoms with Crippen molar-refractivity contribution in [2.75, 3.05) is 14.1 Å². The first kappa shape index (κ1) is 48.4. The molecule has 0 saturated heterocycles. The second-order valence-electron chi connectivity index (χ2n) is 14.9. The van der Waals surface area contributed by atoms with Gasteiger partial charge < -0.3 is 35.6 Å². The molecular formula is C46H52Cl2N6O8. The normalized spacial score (nSPS) is 12.2. The lowest BCUT2D eigenvalue weighted by atomic mass is 9.91. The number of amidine groups is 1. The zero-order valence-corrected chi connectivity index (χ0v) is 37.2. The Labute approximate surface area is 371 Å². The van der Waals surface area contributed by atoms with Crippen molar-refractivity contribution < 1.29 is 38.4 Å². The molecule has 0 aliphatic carbocycles. The van der Waals surface area contributed by atoms with Crippen molar-refractivity contribution in [3.63, 3.8) is 0 Å². The molecule has 5 aromatic rings. The predicted octanol–water partition coefficient (Wildman–Crippen LogP) is 8.06. The van der Waals surface area contributed by atoms with E-state index in [2.05, 4.69) is 25.9 Å². The number of carbonyl (C=O) groups excluding carboxylic acids is 4. The molecule has 0 saturated carbocycles. The Morgan fingerprint density at radius 3 is 1.48 bits per heavy atom. The van der Waals surface area contributed by atoms with Gasteiger partial charge in [0.1, 0.15) is 11.5 Å². The maximum atomic E-state index is 12.9. The van der Waals surface area contributed by atoms with Gasteiger partial charge in [0.25, 0.3) is 0 Å². The van der Waals surface area contributed by atoms with Crippen LogP contribution in [0, 0.1) is 18.8 Å². The van der Waals surface area contributed by atoms with Crippen molar-refractivity contribution in [1.82, 2.24) is 20.8 Å². The quantitative estimate of drug-likeness (QED) is 0.0218. The fourth-order valence-corrected chi connectivity index (χ4v) is 6.75. The number of rotatable bonds is 18. The summed E-state index contributed by atoms with van der Waals surface area (Å²) >= 11 is 12.5. The number of nitrogens with one attached hydrogen (secondary N) is 2. The zero-order valence-electron chi connectivity index (χ0n) is 35.7. The van der Waals surface area contributed by atoms with Crippen LogP contribution >= 0.6 is 23.2 Å². The van der Waals surface area contributed by atoms with Crippen molar-refractivity contribution in [3.8, 4) is 22.9 Å². The molecule has 2 atom stereocenters. The number of carbonyl (C=O) groups is 4. The molecule has 0 aliphatic rings. The van der Waals surface area contributed by atoms with Gasteiger partial charge in [0.05, 0.1) is 22.3 Å². The predicted molar refractivity (Wildman–Crippen MR) is 238 cm³/mol. The average molecular weight is 888 g/mol. The molecule has 0 unspecified atom stereocenters. The fraction of sp³-hybridized carbons (Fsp3) is 0.326. The van der Waals surface area contributed by atoms with Crippen LogP contribution in [0.4, 0.5) is 0 Å². The van der Waals surface area contributed by atoms with Gasteiger partial charge in [0.15, 0.2) is 17.4 Å². The van der Waals surface area contributed by atoms with Gasteiger partial charge in [-0.05, 0) is 88.1 Å². The molecule has 0 bridgehead atoms. The van der Waals surface area contributed by atoms with Crippen LogP contribution in [-0.2, 0) is 22.4 Å². The number of aryl methyl sites for hydroxylation is 1. The van der Waals surface area contributed by atoms with Gasteiger partial charge in [-0.3, -0.25) is 19.2 Å². The number of benzene rings is 4. The lowest BCUT2D eigenvalue weighted by molar-refractivity contribution is -0.125. The van der Waals surface area contributed by atoms with E-state index < -0.39 is 11.8 Å². The van der Waals surface area contributed by atoms with E-state index in [9.17, 15) is 19.2 Å². The van der Waals surface area contributed by atoms with E-state index in [1.165, 1.54) is 7.05 Å². The third-order valence-corrected chi connectivity index (χ3v) is 9.98. The summed E-state index contributed by atoms with van der Waals surface area (Å²) in [6.45, 7) is 9.31. The minimum atomic E-state index is -0.553. The van der Waals surface area contributed by atoms with Gasteiger partial charge in [-0.25, -0.2) is 0 Å². The summed E-state index contributed by atoms with van der Waals surface area (Å²) in [6.07, 6.45) is 0.812. The number of amides is 2. The zero-order chi connectivity index (χ0) is 45.5. The molecule has 2 amide bonds. The number of ether oxygens (including phenoxy) is 2. The number of oxime groups is 1. The highest BCUT2D eigenvalue weighted by Crippen LogP contribution is 2.29. The van der Waals surface area contributed by atoms with Crippen LogP contribution in [0.25, 0.3) is 11.4 Å². The van der Waals surface area contributed by atoms with Gasteiger partial charge >= 0.3 is 0 Å². The summed E-state index contributed by atoms with van der Waals surface area (Å²) in [7, 11) is 3.10. The van der Waals surface area contributed by atoms with Crippen LogP contribution < -0.4 is 25.8 Å². The van der Waals surface area contributed by atoms with Gasteiger partial charge in [-0.15, -0.1) is 0 Å². The maximum absolute atomic E-state index is 12.9. The minimum absolute atomic E-state index is 0.00125. The van der Waals surface area contributed by atoms with Crippen molar-refractivity contribution in [1.29, 1.82) is 0 Å². The van der Waals surface area contributed by atoms with Crippen LogP contribution in [0.15, 0.2) is 94.6 Å². The second kappa shape index (κ2) is 23.1. The number of aromatic nitrogens is 2. The number of ketones is 2. The van der Waals surface area contributed by atoms with E-state index in [0.717, 1.165) is 16.7 Å². The van der Waals surface area contributed by atoms with E-state index in [-0.39, 0.29) is 54.3 Å². The molecule has 0 aliphatic heterocycles. The van der Waals surface area contributed by atoms with E-state index in [0.29, 0.717) is 62.8 Å². The van der Waals surface area contributed by atoms with Crippen molar-refractivity contribution >= 4 is 52.4 Å². The van der Waals surface area contributed by atoms with E-state index in [4.69, 9.17) is 48.1 Å². The van der Waals surface area contributed by atoms with Crippen molar-refractivity contribution in [2.45, 2.75) is 72.5 Å². The minimum Gasteiger partial charge on any atom is -0.489 e. The first-order valence-corrected chi connectivity index (χ1v) is 20.7. The number of nitrogens with two attached hydrogens (primary N) is 1. The van der Waals surface area contributed by atoms with Gasteiger partial charge in [-0.1, -0.05) is 82.0 Å². The van der Waals surface area contributed by atoms with Crippen LogP contribution in [0.2, 0.25) is 10.0 Å². The molecular weight excluding hydrogens is 835 g/mol. The summed E-state index contributed by atoms with van der Waals surface area (Å²) in [5, 5.41) is 21.6. The number of hydrogen-bond acceptors (Lipinski definition) is 11. The van der Waals surface area contributed by atoms with Crippen molar-refractivity contribution in [3.05, 3.63) is 129 Å². The summed E-state index contributed by atoms with van der Waals surface area (Å²) in [5.74, 6) is 0.206. The second-order valence-corrected chi connectivity index (χ2v) is 15.7. The summed E-state index contributed by atoms with van der Waals surface area (Å²) < 4.78 is 16.2. The van der Waals surface area contributed by atoms with Gasteiger partial charge in [0.2, 0.25) is 23.5 Å². The lowest BCUT2D eigenvalue weighted by Gasteiger charge is -2.16. The molecule has 16 heteroatoms. The van der Waals surface area contributed by atoms with Gasteiger partial charge in [0, 0.05) is 68.0 Å². The molecule has 0 radical (unpaired) electrons. The molecule has 4 aromatic carbocycles. The number of halogens is 2. The molecule has 0 spiro atoms. The number of Topliss-reactive ketones (excluding diaryl/α,β-unsaturated/α-hetero) is 2. The standard InChI is InChI=1S/C24H26ClN3O4.C22H26ClN3O4/c1-14(2)31-22-10-9-18(12-20(22)25)21(29)13-19(24(30)26-4)11-16-5-7-17(8-6-16)23-27-15(3)32-28-23;1-13(2)30-20-9-8-16(11-18(20)23)19(27)12-17(22(28)25-3)10-14-4-6-15(7-5-14)21(24)26-29/h5-10,12,14,19H,11,13H2,1-4H3,(H,26,30);4-9,11,13,17,29H,10,12H2,1-3H3,(H2,24,26)(H,25,28)/t19-;17-/m11/s1. The Morgan fingerprint density at radius 1 is 0.710 bits per heavy atom. The number of nitrogens with zero attached hydrogens (tertiary/aromatic N) is 3. The van der Waals surface area contributed by atoms with E-state index >= 15 is 0 Å². The molecule has 62 heavy (non-hydrogen) atoms. The van der Waals surface area contributed by atoms with Crippen LogP contribution in [0.3, 0.4) is 0 Å². The smallest absolute Gasteiger partial charge is 0.223 e. The largest absolute Gasteiger partial charge is 0.489 e. The Hall–Kier alpha value is -6.25. The Bertz CT molecular complexity index is 2350. The Kier molecular flexibility index (Phi) is 18.0. The third kappa shape index (κ3) is 14.2. The molecule has 5 rings (SSSR count). The van der Waals surface area contributed by atoms with Crippen LogP contribution in [-0.4, -0.2) is 70.9 Å². The monoisotopic (exact) mass is 886 g/mol. The van der Waals surface area contributed by atoms with Crippen LogP contribution in [0.5, 0.6) is 11.5 Å². The fourth-order valence-electron chi connectivity index (χ4n) is 6.30. The first-order chi connectivity index (χ1) is 29.5. The SMILES string of the molecule is CNC(=O)[C@@H](CC(=O)c1ccc(OC(C)C)c(Cl)c1)Cc1ccc(-c2noc(C)n2)cc1.CNC(=O)[C@@H](CC(=O)c1ccc(OC(C)C)c(Cl)c1)Cc1ccc(/C(N)=N/O)cc1. The molecule has 1 aromatic heterocycles. The average Bonchev–Trinajstić information content (AvgIpc) is 3.69. The van der Waals surface area contributed by atoms with Crippen molar-refractivity contribution in [2.24, 2.45) is 22.7 Å². The highest BCUT2D eigenvalue weighted by molar-refractivity contribution is 6.32.